The van der Waals surface area contributed by atoms with Crippen molar-refractivity contribution in [2.75, 3.05) is 23.4 Å². The van der Waals surface area contributed by atoms with Gasteiger partial charge in [-0.05, 0) is 48.5 Å². The van der Waals surface area contributed by atoms with Crippen LogP contribution in [-0.4, -0.2) is 23.0 Å². The largest absolute Gasteiger partial charge is 0.416 e. The third-order valence-corrected chi connectivity index (χ3v) is 4.80. The SMILES string of the molecule is NC(=S)c1cc(C(F)(F)F)ccc1NCC1CCSCC1. The summed E-state index contributed by atoms with van der Waals surface area (Å²) in [5.41, 5.74) is 5.66. The number of nitrogens with two attached hydrogens (primary N) is 1. The summed E-state index contributed by atoms with van der Waals surface area (Å²) in [5.74, 6) is 2.83. The van der Waals surface area contributed by atoms with Crippen LogP contribution in [0.1, 0.15) is 24.0 Å². The molecule has 116 valence electrons. The van der Waals surface area contributed by atoms with E-state index in [4.69, 9.17) is 18.0 Å². The number of nitrogens with one attached hydrogen (secondary N) is 1. The Bertz CT molecular complexity index is 511. The van der Waals surface area contributed by atoms with Gasteiger partial charge in [-0.1, -0.05) is 12.2 Å². The van der Waals surface area contributed by atoms with Gasteiger partial charge < -0.3 is 11.1 Å². The molecule has 0 spiro atoms. The predicted molar refractivity (Wildman–Crippen MR) is 85.9 cm³/mol. The molecule has 1 fully saturated rings. The van der Waals surface area contributed by atoms with Crippen molar-refractivity contribution in [2.24, 2.45) is 11.7 Å². The zero-order valence-electron chi connectivity index (χ0n) is 11.4. The monoisotopic (exact) mass is 334 g/mol. The first-order chi connectivity index (χ1) is 9.88. The second kappa shape index (κ2) is 6.87. The molecular weight excluding hydrogens is 317 g/mol. The maximum absolute atomic E-state index is 12.7. The molecule has 1 aliphatic heterocycles. The molecule has 1 saturated heterocycles. The van der Waals surface area contributed by atoms with Gasteiger partial charge in [0, 0.05) is 17.8 Å². The Labute approximate surface area is 131 Å². The molecule has 0 atom stereocenters. The molecule has 3 N–H and O–H groups in total. The average molecular weight is 334 g/mol. The zero-order valence-corrected chi connectivity index (χ0v) is 13.0. The molecule has 2 nitrogen and oxygen atoms in total. The molecule has 1 aromatic carbocycles. The fourth-order valence-electron chi connectivity index (χ4n) is 2.28. The van der Waals surface area contributed by atoms with Crippen LogP contribution in [0, 0.1) is 5.92 Å². The van der Waals surface area contributed by atoms with Crippen LogP contribution < -0.4 is 11.1 Å². The molecule has 0 bridgehead atoms. The van der Waals surface area contributed by atoms with Gasteiger partial charge >= 0.3 is 6.18 Å². The van der Waals surface area contributed by atoms with Crippen LogP contribution in [-0.2, 0) is 6.18 Å². The van der Waals surface area contributed by atoms with Crippen molar-refractivity contribution in [1.29, 1.82) is 0 Å². The minimum atomic E-state index is -4.39. The lowest BCUT2D eigenvalue weighted by molar-refractivity contribution is -0.137. The summed E-state index contributed by atoms with van der Waals surface area (Å²) in [7, 11) is 0. The van der Waals surface area contributed by atoms with E-state index in [0.717, 1.165) is 43.0 Å². The van der Waals surface area contributed by atoms with E-state index in [1.807, 2.05) is 11.8 Å². The smallest absolute Gasteiger partial charge is 0.389 e. The van der Waals surface area contributed by atoms with E-state index in [-0.39, 0.29) is 10.6 Å². The lowest BCUT2D eigenvalue weighted by Crippen LogP contribution is -2.21. The molecule has 1 aromatic rings. The molecule has 0 radical (unpaired) electrons. The van der Waals surface area contributed by atoms with E-state index in [1.165, 1.54) is 6.07 Å². The predicted octanol–water partition coefficient (Wildman–Crippen LogP) is 3.89. The molecule has 0 saturated carbocycles. The summed E-state index contributed by atoms with van der Waals surface area (Å²) in [6.07, 6.45) is -2.14. The standard InChI is InChI=1S/C14H17F3N2S2/c15-14(16,17)10-1-2-12(11(7-10)13(18)20)19-8-9-3-5-21-6-4-9/h1-2,7,9,19H,3-6,8H2,(H2,18,20). The van der Waals surface area contributed by atoms with Crippen molar-refractivity contribution < 1.29 is 13.2 Å². The maximum atomic E-state index is 12.7. The maximum Gasteiger partial charge on any atom is 0.416 e. The second-order valence-corrected chi connectivity index (χ2v) is 6.72. The van der Waals surface area contributed by atoms with E-state index in [2.05, 4.69) is 5.32 Å². The van der Waals surface area contributed by atoms with Crippen molar-refractivity contribution in [1.82, 2.24) is 0 Å². The van der Waals surface area contributed by atoms with Gasteiger partial charge in [0.1, 0.15) is 4.99 Å². The zero-order chi connectivity index (χ0) is 15.5. The first-order valence-corrected chi connectivity index (χ1v) is 8.27. The fourth-order valence-corrected chi connectivity index (χ4v) is 3.66. The normalized spacial score (nSPS) is 16.7. The Morgan fingerprint density at radius 2 is 2.00 bits per heavy atom. The molecule has 2 rings (SSSR count). The molecule has 1 heterocycles. The Morgan fingerprint density at radius 3 is 2.57 bits per heavy atom. The summed E-state index contributed by atoms with van der Waals surface area (Å²) in [6, 6.07) is 3.48. The van der Waals surface area contributed by atoms with Crippen molar-refractivity contribution in [3.8, 4) is 0 Å². The number of thiocarbonyl (C=S) groups is 1. The van der Waals surface area contributed by atoms with Crippen LogP contribution in [0.4, 0.5) is 18.9 Å². The molecule has 0 amide bonds. The van der Waals surface area contributed by atoms with Gasteiger partial charge in [-0.25, -0.2) is 0 Å². The number of rotatable bonds is 4. The number of hydrogen-bond donors (Lipinski definition) is 2. The van der Waals surface area contributed by atoms with Gasteiger partial charge in [-0.15, -0.1) is 0 Å². The summed E-state index contributed by atoms with van der Waals surface area (Å²) in [4.78, 5) is -0.0252. The van der Waals surface area contributed by atoms with Gasteiger partial charge in [0.05, 0.1) is 5.56 Å². The first kappa shape index (κ1) is 16.4. The van der Waals surface area contributed by atoms with Gasteiger partial charge in [0.2, 0.25) is 0 Å². The fraction of sp³-hybridized carbons (Fsp3) is 0.500. The minimum Gasteiger partial charge on any atom is -0.389 e. The molecular formula is C14H17F3N2S2. The van der Waals surface area contributed by atoms with E-state index >= 15 is 0 Å². The third-order valence-electron chi connectivity index (χ3n) is 3.53. The summed E-state index contributed by atoms with van der Waals surface area (Å²) < 4.78 is 38.2. The highest BCUT2D eigenvalue weighted by molar-refractivity contribution is 7.99. The molecule has 1 aliphatic rings. The molecule has 0 aliphatic carbocycles. The first-order valence-electron chi connectivity index (χ1n) is 6.70. The van der Waals surface area contributed by atoms with E-state index in [0.29, 0.717) is 11.6 Å². The van der Waals surface area contributed by atoms with Gasteiger partial charge in [0.15, 0.2) is 0 Å². The number of anilines is 1. The highest BCUT2D eigenvalue weighted by Crippen LogP contribution is 2.32. The lowest BCUT2D eigenvalue weighted by Gasteiger charge is -2.23. The van der Waals surface area contributed by atoms with Gasteiger partial charge in [-0.2, -0.15) is 24.9 Å². The number of alkyl halides is 3. The van der Waals surface area contributed by atoms with E-state index in [9.17, 15) is 13.2 Å². The van der Waals surface area contributed by atoms with Crippen molar-refractivity contribution in [2.45, 2.75) is 19.0 Å². The van der Waals surface area contributed by atoms with E-state index in [1.54, 1.807) is 0 Å². The van der Waals surface area contributed by atoms with Crippen molar-refractivity contribution in [3.05, 3.63) is 29.3 Å². The Kier molecular flexibility index (Phi) is 5.37. The third kappa shape index (κ3) is 4.51. The second-order valence-electron chi connectivity index (χ2n) is 5.06. The van der Waals surface area contributed by atoms with Crippen LogP contribution in [0.25, 0.3) is 0 Å². The summed E-state index contributed by atoms with van der Waals surface area (Å²) in [5, 5.41) is 3.20. The van der Waals surface area contributed by atoms with Crippen LogP contribution in [0.2, 0.25) is 0 Å². The average Bonchev–Trinajstić information content (AvgIpc) is 2.45. The Morgan fingerprint density at radius 1 is 1.33 bits per heavy atom. The van der Waals surface area contributed by atoms with Gasteiger partial charge in [-0.3, -0.25) is 0 Å². The van der Waals surface area contributed by atoms with Crippen LogP contribution >= 0.6 is 24.0 Å². The van der Waals surface area contributed by atoms with Crippen molar-refractivity contribution in [3.63, 3.8) is 0 Å². The molecule has 21 heavy (non-hydrogen) atoms. The van der Waals surface area contributed by atoms with Crippen molar-refractivity contribution >= 4 is 34.7 Å². The molecule has 7 heteroatoms. The lowest BCUT2D eigenvalue weighted by atomic mass is 10.0. The topological polar surface area (TPSA) is 38.0 Å². The highest BCUT2D eigenvalue weighted by Gasteiger charge is 2.31. The Hall–Kier alpha value is -0.950. The van der Waals surface area contributed by atoms with Crippen LogP contribution in [0.5, 0.6) is 0 Å². The number of benzene rings is 1. The number of thioether (sulfide) groups is 1. The van der Waals surface area contributed by atoms with E-state index < -0.39 is 11.7 Å². The number of halogens is 3. The summed E-state index contributed by atoms with van der Waals surface area (Å²) in [6.45, 7) is 0.738. The highest BCUT2D eigenvalue weighted by atomic mass is 32.2. The summed E-state index contributed by atoms with van der Waals surface area (Å²) >= 11 is 6.81. The minimum absolute atomic E-state index is 0.0252. The molecule has 0 aromatic heterocycles. The Balaban J connectivity index is 2.12. The van der Waals surface area contributed by atoms with Gasteiger partial charge in [0.25, 0.3) is 0 Å². The van der Waals surface area contributed by atoms with Crippen LogP contribution in [0.3, 0.4) is 0 Å². The molecule has 0 unspecified atom stereocenters. The quantitative estimate of drug-likeness (QED) is 0.819. The number of hydrogen-bond acceptors (Lipinski definition) is 3. The van der Waals surface area contributed by atoms with Crippen LogP contribution in [0.15, 0.2) is 18.2 Å².